The molecule has 2 unspecified atom stereocenters. The molecule has 8 rings (SSSR count). The monoisotopic (exact) mass is 788 g/mol. The van der Waals surface area contributed by atoms with Gasteiger partial charge < -0.3 is 45.7 Å². The summed E-state index contributed by atoms with van der Waals surface area (Å²) in [5.41, 5.74) is 7.86. The molecule has 276 valence electrons. The number of aliphatic hydroxyl groups excluding tert-OH is 3. The summed E-state index contributed by atoms with van der Waals surface area (Å²) in [6.07, 6.45) is -4.56. The smallest absolute Gasteiger partial charge is 0.386 e. The van der Waals surface area contributed by atoms with Crippen molar-refractivity contribution in [3.05, 3.63) is 24.4 Å². The molecule has 3 fully saturated rings. The summed E-state index contributed by atoms with van der Waals surface area (Å²) < 4.78 is 65.7. The maximum atomic E-state index is 13.8. The van der Waals surface area contributed by atoms with Crippen LogP contribution in [0.4, 0.5) is 17.6 Å². The minimum atomic E-state index is -4.36. The van der Waals surface area contributed by atoms with E-state index in [1.807, 2.05) is 6.20 Å². The Morgan fingerprint density at radius 1 is 0.961 bits per heavy atom. The molecule has 4 aliphatic rings. The highest BCUT2D eigenvalue weighted by Crippen LogP contribution is 2.60. The van der Waals surface area contributed by atoms with E-state index < -0.39 is 75.9 Å². The SMILES string of the molecule is Nc1nc(NCCO)nc2c1ncn2[C@@H]1O[C@@H]2COP(=O)(S)O[C@H]3[C@@H](O)[C@H](n4cc5c6c(ncnc64)NCCC5)O[C@@H]3COP(=O)(S)O[C@@H]1[C@@H]2O. The van der Waals surface area contributed by atoms with Gasteiger partial charge in [0.15, 0.2) is 23.9 Å². The molecule has 25 heteroatoms. The first-order chi connectivity index (χ1) is 24.4. The topological polar surface area (TPSA) is 275 Å². The fourth-order valence-electron chi connectivity index (χ4n) is 6.65. The largest absolute Gasteiger partial charge is 0.395 e. The van der Waals surface area contributed by atoms with Crippen LogP contribution < -0.4 is 16.4 Å². The molecule has 0 radical (unpaired) electrons. The molecule has 4 aliphatic heterocycles. The molecule has 10 atom stereocenters. The van der Waals surface area contributed by atoms with Gasteiger partial charge in [0, 0.05) is 19.3 Å². The van der Waals surface area contributed by atoms with Crippen LogP contribution in [0.15, 0.2) is 18.9 Å². The Morgan fingerprint density at radius 2 is 1.71 bits per heavy atom. The molecule has 21 nitrogen and oxygen atoms in total. The van der Waals surface area contributed by atoms with Gasteiger partial charge in [-0.05, 0) is 18.4 Å². The Morgan fingerprint density at radius 3 is 2.49 bits per heavy atom. The van der Waals surface area contributed by atoms with Crippen molar-refractivity contribution in [3.63, 3.8) is 0 Å². The molecule has 0 amide bonds. The lowest BCUT2D eigenvalue weighted by Crippen LogP contribution is -2.35. The van der Waals surface area contributed by atoms with E-state index >= 15 is 0 Å². The molecule has 3 saturated heterocycles. The number of aromatic nitrogens is 7. The van der Waals surface area contributed by atoms with Crippen LogP contribution in [0, 0.1) is 0 Å². The number of nitrogens with one attached hydrogen (secondary N) is 2. The van der Waals surface area contributed by atoms with E-state index in [0.29, 0.717) is 11.5 Å². The number of nitrogens with zero attached hydrogens (tertiary/aromatic N) is 7. The van der Waals surface area contributed by atoms with E-state index in [4.69, 9.17) is 33.3 Å². The van der Waals surface area contributed by atoms with E-state index in [9.17, 15) is 24.4 Å². The number of nitrogen functional groups attached to an aromatic ring is 1. The van der Waals surface area contributed by atoms with Crippen LogP contribution in [0.5, 0.6) is 0 Å². The molecule has 0 spiro atoms. The quantitative estimate of drug-likeness (QED) is 0.104. The maximum Gasteiger partial charge on any atom is 0.386 e. The van der Waals surface area contributed by atoms with E-state index in [0.717, 1.165) is 30.3 Å². The Hall–Kier alpha value is -2.63. The third kappa shape index (κ3) is 6.62. The van der Waals surface area contributed by atoms with Gasteiger partial charge in [-0.25, -0.2) is 24.1 Å². The Bertz CT molecular complexity index is 2060. The van der Waals surface area contributed by atoms with Crippen LogP contribution in [0.2, 0.25) is 0 Å². The second-order valence-electron chi connectivity index (χ2n) is 12.2. The lowest BCUT2D eigenvalue weighted by atomic mass is 10.1. The Labute approximate surface area is 298 Å². The van der Waals surface area contributed by atoms with E-state index in [-0.39, 0.29) is 36.1 Å². The van der Waals surface area contributed by atoms with Crippen molar-refractivity contribution in [2.24, 2.45) is 0 Å². The molecule has 0 aromatic carbocycles. The Balaban J connectivity index is 1.10. The van der Waals surface area contributed by atoms with E-state index in [1.165, 1.54) is 17.2 Å². The van der Waals surface area contributed by atoms with Gasteiger partial charge in [-0.1, -0.05) is 24.5 Å². The van der Waals surface area contributed by atoms with Crippen LogP contribution in [0.3, 0.4) is 0 Å². The summed E-state index contributed by atoms with van der Waals surface area (Å²) in [6, 6.07) is 0. The van der Waals surface area contributed by atoms with Crippen LogP contribution in [0.1, 0.15) is 24.4 Å². The fraction of sp³-hybridized carbons (Fsp3) is 0.577. The van der Waals surface area contributed by atoms with Crippen LogP contribution in [-0.2, 0) is 43.1 Å². The number of nitrogens with two attached hydrogens (primary N) is 1. The second-order valence-corrected chi connectivity index (χ2v) is 18.0. The third-order valence-electron chi connectivity index (χ3n) is 8.93. The van der Waals surface area contributed by atoms with Gasteiger partial charge in [0.25, 0.3) is 0 Å². The third-order valence-corrected chi connectivity index (χ3v) is 12.2. The second kappa shape index (κ2) is 13.7. The van der Waals surface area contributed by atoms with Gasteiger partial charge in [0.05, 0.1) is 31.5 Å². The molecular formula is C26H34N10O11P2S2. The highest BCUT2D eigenvalue weighted by Gasteiger charge is 2.53. The van der Waals surface area contributed by atoms with Crippen molar-refractivity contribution in [3.8, 4) is 0 Å². The maximum absolute atomic E-state index is 13.8. The minimum Gasteiger partial charge on any atom is -0.395 e. The van der Waals surface area contributed by atoms with Gasteiger partial charge in [0.2, 0.25) is 5.95 Å². The fourth-order valence-corrected chi connectivity index (χ4v) is 9.60. The molecule has 7 N–H and O–H groups in total. The molecule has 2 bridgehead atoms. The summed E-state index contributed by atoms with van der Waals surface area (Å²) in [4.78, 5) is 21.6. The molecular weight excluding hydrogens is 754 g/mol. The molecule has 0 aliphatic carbocycles. The zero-order valence-corrected chi connectivity index (χ0v) is 30.0. The molecule has 8 heterocycles. The van der Waals surface area contributed by atoms with Gasteiger partial charge in [0.1, 0.15) is 59.9 Å². The minimum absolute atomic E-state index is 0.0112. The highest BCUT2D eigenvalue weighted by atomic mass is 32.7. The zero-order chi connectivity index (χ0) is 35.7. The van der Waals surface area contributed by atoms with Crippen molar-refractivity contribution < 1.29 is 52.0 Å². The van der Waals surface area contributed by atoms with E-state index in [1.54, 1.807) is 4.57 Å². The van der Waals surface area contributed by atoms with Gasteiger partial charge in [-0.3, -0.25) is 22.7 Å². The van der Waals surface area contributed by atoms with Crippen molar-refractivity contribution in [1.82, 2.24) is 34.1 Å². The van der Waals surface area contributed by atoms with E-state index in [2.05, 4.69) is 60.1 Å². The number of thiol groups is 2. The summed E-state index contributed by atoms with van der Waals surface area (Å²) in [5, 5.41) is 39.0. The number of aryl methyl sites for hydroxylation is 1. The van der Waals surface area contributed by atoms with Crippen molar-refractivity contribution >= 4 is 77.9 Å². The predicted octanol–water partition coefficient (Wildman–Crippen LogP) is 1.03. The van der Waals surface area contributed by atoms with Crippen molar-refractivity contribution in [2.75, 3.05) is 49.3 Å². The number of anilines is 3. The summed E-state index contributed by atoms with van der Waals surface area (Å²) in [7, 11) is 0. The highest BCUT2D eigenvalue weighted by molar-refractivity contribution is 8.44. The average Bonchev–Trinajstić information content (AvgIpc) is 3.79. The lowest BCUT2D eigenvalue weighted by molar-refractivity contribution is -0.0574. The number of hydrogen-bond donors (Lipinski definition) is 8. The number of hydrogen-bond acceptors (Lipinski definition) is 19. The zero-order valence-electron chi connectivity index (χ0n) is 26.4. The number of fused-ring (bicyclic) bond motifs is 4. The number of aliphatic hydroxyl groups is 3. The first-order valence-electron chi connectivity index (χ1n) is 15.8. The summed E-state index contributed by atoms with van der Waals surface area (Å²) in [6.45, 7) is -9.08. The molecule has 4 aromatic heterocycles. The predicted molar refractivity (Wildman–Crippen MR) is 184 cm³/mol. The lowest BCUT2D eigenvalue weighted by Gasteiger charge is -2.26. The first kappa shape index (κ1) is 35.4. The molecule has 4 aromatic rings. The first-order valence-corrected chi connectivity index (χ1v) is 21.2. The van der Waals surface area contributed by atoms with Gasteiger partial charge in [-0.15, -0.1) is 0 Å². The summed E-state index contributed by atoms with van der Waals surface area (Å²) in [5.74, 6) is 0.740. The average molecular weight is 789 g/mol. The van der Waals surface area contributed by atoms with Crippen LogP contribution in [0.25, 0.3) is 22.2 Å². The number of imidazole rings is 1. The van der Waals surface area contributed by atoms with Crippen LogP contribution >= 0.6 is 38.1 Å². The number of ether oxygens (including phenoxy) is 2. The van der Waals surface area contributed by atoms with Gasteiger partial charge >= 0.3 is 13.6 Å². The molecule has 51 heavy (non-hydrogen) atoms. The standard InChI is InChI=1S/C26H34N10O11P2S2/c27-20-15-23(34-26(33-20)29-4-5-37)36(10-32-15)25-19-16(38)12(44-25)7-42-48(40,50)46-18-13(8-43-49(41,51)47-19)45-24(17(18)39)35-6-11-2-1-3-28-21-14(11)22(35)31-9-30-21/h6,9-10,12-13,16-19,24-25,37-39H,1-5,7-8H2,(H,40,50)(H,41,51)(H,28,30,31)(H3,27,29,33,34)/t12-,13-,16-,17-,18-,19-,24-,25-,48?,49?/m1/s1. The van der Waals surface area contributed by atoms with Crippen molar-refractivity contribution in [2.45, 2.75) is 61.9 Å². The van der Waals surface area contributed by atoms with Crippen molar-refractivity contribution in [1.29, 1.82) is 0 Å². The summed E-state index contributed by atoms with van der Waals surface area (Å²) >= 11 is 8.34. The number of rotatable bonds is 5. The van der Waals surface area contributed by atoms with Crippen LogP contribution in [-0.4, -0.2) is 119 Å². The van der Waals surface area contributed by atoms with Gasteiger partial charge in [-0.2, -0.15) is 9.97 Å². The molecule has 0 saturated carbocycles. The normalized spacial score (nSPS) is 35.8. The Kier molecular flexibility index (Phi) is 9.48.